The molecule has 1 heteroatoms. The number of rotatable bonds is 6. The van der Waals surface area contributed by atoms with Crippen LogP contribution in [0.15, 0.2) is 36.4 Å². The number of benzene rings is 1. The minimum Gasteiger partial charge on any atom is -0.313 e. The highest BCUT2D eigenvalue weighted by Gasteiger charge is 1.94. The minimum atomic E-state index is 0.773. The highest BCUT2D eigenvalue weighted by molar-refractivity contribution is 5.48. The Labute approximate surface area is 93.2 Å². The molecule has 0 heterocycles. The number of nitrogens with one attached hydrogen (secondary N) is 1. The van der Waals surface area contributed by atoms with E-state index in [-0.39, 0.29) is 0 Å². The van der Waals surface area contributed by atoms with Crippen molar-refractivity contribution in [3.8, 4) is 0 Å². The second-order valence-electron chi connectivity index (χ2n) is 3.98. The van der Waals surface area contributed by atoms with E-state index >= 15 is 0 Å². The zero-order valence-corrected chi connectivity index (χ0v) is 9.74. The van der Waals surface area contributed by atoms with Gasteiger partial charge in [-0.05, 0) is 18.0 Å². The molecular formula is C14H21N. The van der Waals surface area contributed by atoms with Crippen LogP contribution in [-0.4, -0.2) is 13.1 Å². The first-order chi connectivity index (χ1) is 7.33. The normalized spacial score (nSPS) is 13.2. The zero-order chi connectivity index (χ0) is 10.9. The molecule has 0 aliphatic rings. The van der Waals surface area contributed by atoms with Gasteiger partial charge in [0.1, 0.15) is 0 Å². The molecule has 1 aromatic carbocycles. The smallest absolute Gasteiger partial charge is 0.0138 e. The fourth-order valence-electron chi connectivity index (χ4n) is 1.32. The van der Waals surface area contributed by atoms with Gasteiger partial charge >= 0.3 is 0 Å². The van der Waals surface area contributed by atoms with Crippen LogP contribution in [0.1, 0.15) is 25.8 Å². The molecule has 0 spiro atoms. The van der Waals surface area contributed by atoms with Crippen LogP contribution in [0, 0.1) is 5.92 Å². The molecule has 1 atom stereocenters. The Morgan fingerprint density at radius 2 is 2.00 bits per heavy atom. The predicted molar refractivity (Wildman–Crippen MR) is 67.8 cm³/mol. The van der Waals surface area contributed by atoms with E-state index < -0.39 is 0 Å². The lowest BCUT2D eigenvalue weighted by molar-refractivity contribution is 0.517. The highest BCUT2D eigenvalue weighted by atomic mass is 14.8. The van der Waals surface area contributed by atoms with E-state index in [1.807, 2.05) is 6.07 Å². The SMILES string of the molecule is CCC(C)CNCC=Cc1ccccc1. The van der Waals surface area contributed by atoms with Crippen molar-refractivity contribution < 1.29 is 0 Å². The summed E-state index contributed by atoms with van der Waals surface area (Å²) in [5.74, 6) is 0.773. The van der Waals surface area contributed by atoms with Gasteiger partial charge in [-0.25, -0.2) is 0 Å². The summed E-state index contributed by atoms with van der Waals surface area (Å²) >= 11 is 0. The molecule has 0 aliphatic carbocycles. The standard InChI is InChI=1S/C14H21N/c1-3-13(2)12-15-11-7-10-14-8-5-4-6-9-14/h4-10,13,15H,3,11-12H2,1-2H3. The van der Waals surface area contributed by atoms with Crippen molar-refractivity contribution in [2.75, 3.05) is 13.1 Å². The lowest BCUT2D eigenvalue weighted by atomic mass is 10.1. The van der Waals surface area contributed by atoms with E-state index in [9.17, 15) is 0 Å². The Balaban J connectivity index is 2.18. The van der Waals surface area contributed by atoms with Gasteiger partial charge < -0.3 is 5.32 Å². The number of hydrogen-bond donors (Lipinski definition) is 1. The van der Waals surface area contributed by atoms with E-state index in [2.05, 4.69) is 55.6 Å². The summed E-state index contributed by atoms with van der Waals surface area (Å²) in [4.78, 5) is 0. The van der Waals surface area contributed by atoms with Crippen molar-refractivity contribution in [3.63, 3.8) is 0 Å². The maximum atomic E-state index is 3.42. The Hall–Kier alpha value is -1.08. The van der Waals surface area contributed by atoms with Gasteiger partial charge in [0.25, 0.3) is 0 Å². The molecule has 82 valence electrons. The maximum Gasteiger partial charge on any atom is 0.0138 e. The summed E-state index contributed by atoms with van der Waals surface area (Å²) in [5.41, 5.74) is 1.27. The monoisotopic (exact) mass is 203 g/mol. The fourth-order valence-corrected chi connectivity index (χ4v) is 1.32. The molecule has 1 rings (SSSR count). The molecule has 0 amide bonds. The molecule has 0 aliphatic heterocycles. The summed E-state index contributed by atoms with van der Waals surface area (Å²) in [6, 6.07) is 10.4. The van der Waals surface area contributed by atoms with Crippen molar-refractivity contribution in [1.82, 2.24) is 5.32 Å². The van der Waals surface area contributed by atoms with Crippen molar-refractivity contribution in [1.29, 1.82) is 0 Å². The Kier molecular flexibility index (Phi) is 5.79. The summed E-state index contributed by atoms with van der Waals surface area (Å²) in [5, 5.41) is 3.42. The average Bonchev–Trinajstić information content (AvgIpc) is 2.29. The molecule has 1 aromatic rings. The molecule has 1 N–H and O–H groups in total. The van der Waals surface area contributed by atoms with Crippen LogP contribution in [0.4, 0.5) is 0 Å². The Morgan fingerprint density at radius 1 is 1.27 bits per heavy atom. The van der Waals surface area contributed by atoms with Gasteiger partial charge in [0, 0.05) is 6.54 Å². The van der Waals surface area contributed by atoms with Gasteiger partial charge in [0.15, 0.2) is 0 Å². The molecule has 0 bridgehead atoms. The molecule has 0 radical (unpaired) electrons. The molecule has 0 aromatic heterocycles. The number of hydrogen-bond acceptors (Lipinski definition) is 1. The lowest BCUT2D eigenvalue weighted by Gasteiger charge is -2.07. The van der Waals surface area contributed by atoms with Gasteiger partial charge in [-0.15, -0.1) is 0 Å². The summed E-state index contributed by atoms with van der Waals surface area (Å²) in [7, 11) is 0. The topological polar surface area (TPSA) is 12.0 Å². The van der Waals surface area contributed by atoms with Gasteiger partial charge in [-0.2, -0.15) is 0 Å². The summed E-state index contributed by atoms with van der Waals surface area (Å²) < 4.78 is 0. The van der Waals surface area contributed by atoms with Crippen molar-refractivity contribution >= 4 is 6.08 Å². The molecule has 1 unspecified atom stereocenters. The van der Waals surface area contributed by atoms with Crippen molar-refractivity contribution in [2.24, 2.45) is 5.92 Å². The van der Waals surface area contributed by atoms with Crippen LogP contribution in [0.2, 0.25) is 0 Å². The van der Waals surface area contributed by atoms with Crippen LogP contribution in [0.25, 0.3) is 6.08 Å². The maximum absolute atomic E-state index is 3.42. The third kappa shape index (κ3) is 5.38. The lowest BCUT2D eigenvalue weighted by Crippen LogP contribution is -2.20. The second kappa shape index (κ2) is 7.24. The van der Waals surface area contributed by atoms with Crippen molar-refractivity contribution in [2.45, 2.75) is 20.3 Å². The van der Waals surface area contributed by atoms with E-state index in [0.29, 0.717) is 0 Å². The average molecular weight is 203 g/mol. The molecule has 0 fully saturated rings. The van der Waals surface area contributed by atoms with Crippen molar-refractivity contribution in [3.05, 3.63) is 42.0 Å². The van der Waals surface area contributed by atoms with Gasteiger partial charge in [-0.3, -0.25) is 0 Å². The zero-order valence-electron chi connectivity index (χ0n) is 9.74. The van der Waals surface area contributed by atoms with E-state index in [0.717, 1.165) is 19.0 Å². The third-order valence-corrected chi connectivity index (χ3v) is 2.56. The molecule has 15 heavy (non-hydrogen) atoms. The van der Waals surface area contributed by atoms with E-state index in [1.54, 1.807) is 0 Å². The first-order valence-electron chi connectivity index (χ1n) is 5.75. The quantitative estimate of drug-likeness (QED) is 0.699. The summed E-state index contributed by atoms with van der Waals surface area (Å²) in [6.45, 7) is 6.56. The Bertz CT molecular complexity index is 277. The van der Waals surface area contributed by atoms with Gasteiger partial charge in [0.2, 0.25) is 0 Å². The molecular weight excluding hydrogens is 182 g/mol. The van der Waals surface area contributed by atoms with Crippen LogP contribution in [0.5, 0.6) is 0 Å². The molecule has 0 saturated carbocycles. The van der Waals surface area contributed by atoms with E-state index in [4.69, 9.17) is 0 Å². The molecule has 1 nitrogen and oxygen atoms in total. The first-order valence-corrected chi connectivity index (χ1v) is 5.75. The highest BCUT2D eigenvalue weighted by Crippen LogP contribution is 2.00. The van der Waals surface area contributed by atoms with Gasteiger partial charge in [-0.1, -0.05) is 62.8 Å². The third-order valence-electron chi connectivity index (χ3n) is 2.56. The fraction of sp³-hybridized carbons (Fsp3) is 0.429. The first kappa shape index (κ1) is 12.0. The second-order valence-corrected chi connectivity index (χ2v) is 3.98. The van der Waals surface area contributed by atoms with Crippen LogP contribution in [0.3, 0.4) is 0 Å². The van der Waals surface area contributed by atoms with Crippen LogP contribution < -0.4 is 5.32 Å². The summed E-state index contributed by atoms with van der Waals surface area (Å²) in [6.07, 6.45) is 5.58. The van der Waals surface area contributed by atoms with Crippen LogP contribution >= 0.6 is 0 Å². The van der Waals surface area contributed by atoms with E-state index in [1.165, 1.54) is 12.0 Å². The van der Waals surface area contributed by atoms with Crippen LogP contribution in [-0.2, 0) is 0 Å². The molecule has 0 saturated heterocycles. The predicted octanol–water partition coefficient (Wildman–Crippen LogP) is 3.34. The van der Waals surface area contributed by atoms with Gasteiger partial charge in [0.05, 0.1) is 0 Å². The minimum absolute atomic E-state index is 0.773. The largest absolute Gasteiger partial charge is 0.313 e. The Morgan fingerprint density at radius 3 is 2.67 bits per heavy atom.